The van der Waals surface area contributed by atoms with Gasteiger partial charge in [-0.3, -0.25) is 9.68 Å². The molecule has 2 N–H and O–H groups in total. The van der Waals surface area contributed by atoms with Crippen LogP contribution in [0.3, 0.4) is 0 Å². The van der Waals surface area contributed by atoms with Crippen molar-refractivity contribution in [3.63, 3.8) is 0 Å². The summed E-state index contributed by atoms with van der Waals surface area (Å²) in [6.07, 6.45) is -1.79. The van der Waals surface area contributed by atoms with Crippen LogP contribution in [0.2, 0.25) is 0 Å². The van der Waals surface area contributed by atoms with E-state index in [9.17, 15) is 19.5 Å². The molecule has 0 aromatic carbocycles. The summed E-state index contributed by atoms with van der Waals surface area (Å²) >= 11 is 0. The number of carbonyl (C=O) groups is 3. The van der Waals surface area contributed by atoms with Gasteiger partial charge < -0.3 is 14.9 Å². The van der Waals surface area contributed by atoms with Crippen molar-refractivity contribution in [1.29, 1.82) is 0 Å². The van der Waals surface area contributed by atoms with Crippen molar-refractivity contribution in [1.82, 2.24) is 0 Å². The van der Waals surface area contributed by atoms with Crippen LogP contribution >= 0.6 is 0 Å². The first-order valence-electron chi connectivity index (χ1n) is 4.12. The number of rotatable bonds is 6. The lowest BCUT2D eigenvalue weighted by atomic mass is 9.96. The average molecular weight is 236 g/mol. The smallest absolute Gasteiger partial charge is 0.345 e. The summed E-state index contributed by atoms with van der Waals surface area (Å²) in [4.78, 5) is 40.4. The van der Waals surface area contributed by atoms with Crippen LogP contribution in [0.5, 0.6) is 0 Å². The van der Waals surface area contributed by atoms with Gasteiger partial charge in [0.15, 0.2) is 5.60 Å². The van der Waals surface area contributed by atoms with E-state index < -0.39 is 36.4 Å². The Morgan fingerprint density at radius 2 is 1.62 bits per heavy atom. The first-order chi connectivity index (χ1) is 7.35. The lowest BCUT2D eigenvalue weighted by Crippen LogP contribution is -2.43. The molecule has 0 aliphatic heterocycles. The number of carboxylic acids is 1. The fraction of sp³-hybridized carbons (Fsp3) is 0.625. The second-order valence-electron chi connectivity index (χ2n) is 2.89. The van der Waals surface area contributed by atoms with Crippen LogP contribution in [0, 0.1) is 0 Å². The molecule has 16 heavy (non-hydrogen) atoms. The molecule has 0 heterocycles. The van der Waals surface area contributed by atoms with Crippen LogP contribution in [0.25, 0.3) is 0 Å². The Morgan fingerprint density at radius 1 is 1.12 bits per heavy atom. The molecule has 0 aliphatic rings. The fourth-order valence-corrected chi connectivity index (χ4v) is 0.886. The summed E-state index contributed by atoms with van der Waals surface area (Å²) in [5.41, 5.74) is -2.57. The van der Waals surface area contributed by atoms with Crippen LogP contribution in [0.4, 0.5) is 0 Å². The van der Waals surface area contributed by atoms with E-state index in [4.69, 9.17) is 5.11 Å². The molecule has 0 aromatic rings. The van der Waals surface area contributed by atoms with Crippen LogP contribution in [0.1, 0.15) is 12.8 Å². The van der Waals surface area contributed by atoms with Crippen LogP contribution in [-0.4, -0.2) is 47.9 Å². The van der Waals surface area contributed by atoms with Gasteiger partial charge in [-0.25, -0.2) is 9.59 Å². The summed E-state index contributed by atoms with van der Waals surface area (Å²) in [6, 6.07) is 0. The van der Waals surface area contributed by atoms with E-state index in [2.05, 4.69) is 14.5 Å². The van der Waals surface area contributed by atoms with Crippen LogP contribution < -0.4 is 0 Å². The van der Waals surface area contributed by atoms with Gasteiger partial charge in [0.05, 0.1) is 27.1 Å². The molecule has 0 rings (SSSR count). The maximum Gasteiger partial charge on any atom is 0.345 e. The Bertz CT molecular complexity index is 286. The van der Waals surface area contributed by atoms with E-state index in [0.717, 1.165) is 14.2 Å². The number of ether oxygens (including phenoxy) is 1. The van der Waals surface area contributed by atoms with Gasteiger partial charge >= 0.3 is 17.9 Å². The molecule has 8 nitrogen and oxygen atoms in total. The normalized spacial score (nSPS) is 13.7. The fourth-order valence-electron chi connectivity index (χ4n) is 0.886. The van der Waals surface area contributed by atoms with Gasteiger partial charge in [0.25, 0.3) is 0 Å². The minimum absolute atomic E-state index is 0.863. The number of aliphatic carboxylic acids is 1. The minimum Gasteiger partial charge on any atom is -0.479 e. The SMILES string of the molecule is COOC(=O)CC(O)(CC(=O)OC)C(=O)O. The highest BCUT2D eigenvalue weighted by molar-refractivity contribution is 5.88. The van der Waals surface area contributed by atoms with Crippen molar-refractivity contribution < 1.29 is 39.1 Å². The lowest BCUT2D eigenvalue weighted by Gasteiger charge is -2.20. The number of carbonyl (C=O) groups excluding carboxylic acids is 2. The highest BCUT2D eigenvalue weighted by atomic mass is 17.2. The second kappa shape index (κ2) is 6.03. The largest absolute Gasteiger partial charge is 0.479 e. The van der Waals surface area contributed by atoms with Crippen molar-refractivity contribution in [2.45, 2.75) is 18.4 Å². The van der Waals surface area contributed by atoms with Crippen molar-refractivity contribution in [2.75, 3.05) is 14.2 Å². The quantitative estimate of drug-likeness (QED) is 0.337. The predicted molar refractivity (Wildman–Crippen MR) is 46.9 cm³/mol. The van der Waals surface area contributed by atoms with E-state index in [1.807, 2.05) is 0 Å². The standard InChI is InChI=1S/C8H12O8/c1-14-5(9)3-8(13,7(11)12)4-6(10)16-15-2/h13H,3-4H2,1-2H3,(H,11,12). The molecule has 92 valence electrons. The predicted octanol–water partition coefficient (Wildman–Crippen LogP) is -1.14. The number of carboxylic acid groups (broad SMARTS) is 1. The summed E-state index contributed by atoms with van der Waals surface area (Å²) in [6.45, 7) is 0. The number of hydrogen-bond acceptors (Lipinski definition) is 7. The maximum absolute atomic E-state index is 10.9. The summed E-state index contributed by atoms with van der Waals surface area (Å²) in [7, 11) is 2.07. The second-order valence-corrected chi connectivity index (χ2v) is 2.89. The Hall–Kier alpha value is -1.67. The van der Waals surface area contributed by atoms with Gasteiger partial charge in [0, 0.05) is 0 Å². The molecular weight excluding hydrogens is 224 g/mol. The molecule has 0 saturated carbocycles. The molecule has 0 bridgehead atoms. The molecule has 0 radical (unpaired) electrons. The van der Waals surface area contributed by atoms with Gasteiger partial charge in [0.1, 0.15) is 0 Å². The highest BCUT2D eigenvalue weighted by Gasteiger charge is 2.42. The van der Waals surface area contributed by atoms with Crippen molar-refractivity contribution in [3.8, 4) is 0 Å². The number of aliphatic hydroxyl groups is 1. The van der Waals surface area contributed by atoms with E-state index in [1.165, 1.54) is 0 Å². The summed E-state index contributed by atoms with van der Waals surface area (Å²) in [5.74, 6) is -3.81. The Balaban J connectivity index is 4.63. The molecule has 1 unspecified atom stereocenters. The highest BCUT2D eigenvalue weighted by Crippen LogP contribution is 2.17. The van der Waals surface area contributed by atoms with Gasteiger partial charge in [-0.05, 0) is 0 Å². The average Bonchev–Trinajstić information content (AvgIpc) is 2.17. The Labute approximate surface area is 90.6 Å². The Kier molecular flexibility index (Phi) is 5.40. The van der Waals surface area contributed by atoms with E-state index >= 15 is 0 Å². The first kappa shape index (κ1) is 14.3. The topological polar surface area (TPSA) is 119 Å². The zero-order chi connectivity index (χ0) is 12.8. The van der Waals surface area contributed by atoms with Crippen LogP contribution in [0.15, 0.2) is 0 Å². The van der Waals surface area contributed by atoms with Gasteiger partial charge in [-0.15, -0.1) is 0 Å². The van der Waals surface area contributed by atoms with Gasteiger partial charge in [-0.1, -0.05) is 0 Å². The summed E-state index contributed by atoms with van der Waals surface area (Å²) in [5, 5.41) is 18.2. The molecule has 0 spiro atoms. The third-order valence-electron chi connectivity index (χ3n) is 1.68. The molecule has 0 saturated heterocycles. The maximum atomic E-state index is 10.9. The number of hydrogen-bond donors (Lipinski definition) is 2. The molecular formula is C8H12O8. The zero-order valence-corrected chi connectivity index (χ0v) is 8.76. The van der Waals surface area contributed by atoms with E-state index in [0.29, 0.717) is 0 Å². The van der Waals surface area contributed by atoms with Gasteiger partial charge in [0.2, 0.25) is 0 Å². The molecule has 0 fully saturated rings. The number of esters is 1. The first-order valence-corrected chi connectivity index (χ1v) is 4.12. The molecule has 8 heteroatoms. The third kappa shape index (κ3) is 4.24. The van der Waals surface area contributed by atoms with E-state index in [1.54, 1.807) is 0 Å². The zero-order valence-electron chi connectivity index (χ0n) is 8.76. The Morgan fingerprint density at radius 3 is 2.00 bits per heavy atom. The van der Waals surface area contributed by atoms with Crippen molar-refractivity contribution >= 4 is 17.9 Å². The number of methoxy groups -OCH3 is 1. The minimum atomic E-state index is -2.57. The molecule has 0 aliphatic carbocycles. The van der Waals surface area contributed by atoms with Gasteiger partial charge in [-0.2, -0.15) is 4.89 Å². The molecule has 1 atom stereocenters. The lowest BCUT2D eigenvalue weighted by molar-refractivity contribution is -0.258. The van der Waals surface area contributed by atoms with Crippen LogP contribution in [-0.2, 0) is 28.9 Å². The summed E-state index contributed by atoms with van der Waals surface area (Å²) < 4.78 is 4.19. The van der Waals surface area contributed by atoms with Crippen molar-refractivity contribution in [2.24, 2.45) is 0 Å². The third-order valence-corrected chi connectivity index (χ3v) is 1.68. The van der Waals surface area contributed by atoms with E-state index in [-0.39, 0.29) is 0 Å². The molecule has 0 aromatic heterocycles. The molecule has 0 amide bonds. The van der Waals surface area contributed by atoms with Crippen molar-refractivity contribution in [3.05, 3.63) is 0 Å². The monoisotopic (exact) mass is 236 g/mol.